The van der Waals surface area contributed by atoms with Crippen LogP contribution in [0.3, 0.4) is 0 Å². The molecule has 10 nitrogen and oxygen atoms in total. The Bertz CT molecular complexity index is 782. The van der Waals surface area contributed by atoms with Gasteiger partial charge in [-0.2, -0.15) is 4.98 Å². The molecule has 0 unspecified atom stereocenters. The fourth-order valence-electron chi connectivity index (χ4n) is 2.46. The second-order valence-corrected chi connectivity index (χ2v) is 4.94. The van der Waals surface area contributed by atoms with Gasteiger partial charge in [-0.25, -0.2) is 9.97 Å². The third-order valence-electron chi connectivity index (χ3n) is 3.56. The van der Waals surface area contributed by atoms with Crippen LogP contribution in [-0.2, 0) is 4.74 Å². The van der Waals surface area contributed by atoms with E-state index in [0.717, 1.165) is 0 Å². The summed E-state index contributed by atoms with van der Waals surface area (Å²) in [6.45, 7) is 1.18. The zero-order valence-corrected chi connectivity index (χ0v) is 12.1. The van der Waals surface area contributed by atoms with Gasteiger partial charge in [0, 0.05) is 0 Å². The van der Waals surface area contributed by atoms with Gasteiger partial charge >= 0.3 is 0 Å². The van der Waals surface area contributed by atoms with E-state index >= 15 is 0 Å². The molecule has 1 fully saturated rings. The van der Waals surface area contributed by atoms with Gasteiger partial charge in [0.15, 0.2) is 23.2 Å². The highest BCUT2D eigenvalue weighted by atomic mass is 16.6. The number of anilines is 1. The van der Waals surface area contributed by atoms with Crippen LogP contribution in [0.4, 0.5) is 5.82 Å². The number of nitrogens with one attached hydrogen (secondary N) is 1. The molecule has 10 heteroatoms. The molecule has 1 aliphatic rings. The number of hydrogen-bond acceptors (Lipinski definition) is 9. The minimum atomic E-state index is -1.27. The number of aliphatic hydroxyl groups is 3. The largest absolute Gasteiger partial charge is 0.394 e. The molecular weight excluding hydrogens is 306 g/mol. The van der Waals surface area contributed by atoms with Crippen LogP contribution in [0.15, 0.2) is 6.33 Å². The first-order valence-corrected chi connectivity index (χ1v) is 6.80. The van der Waals surface area contributed by atoms with Crippen molar-refractivity contribution in [3.63, 3.8) is 0 Å². The van der Waals surface area contributed by atoms with E-state index < -0.39 is 31.1 Å². The summed E-state index contributed by atoms with van der Waals surface area (Å²) in [4.78, 5) is 12.3. The summed E-state index contributed by atoms with van der Waals surface area (Å²) in [6, 6.07) is 0. The molecule has 0 aromatic carbocycles. The monoisotopic (exact) mass is 321 g/mol. The van der Waals surface area contributed by atoms with E-state index in [9.17, 15) is 20.5 Å². The number of ether oxygens (including phenoxy) is 1. The molecule has 122 valence electrons. The van der Waals surface area contributed by atoms with E-state index in [1.54, 1.807) is 6.92 Å². The van der Waals surface area contributed by atoms with Crippen molar-refractivity contribution < 1.29 is 25.3 Å². The van der Waals surface area contributed by atoms with E-state index in [4.69, 9.17) is 4.74 Å². The van der Waals surface area contributed by atoms with Crippen LogP contribution in [0.25, 0.3) is 11.2 Å². The van der Waals surface area contributed by atoms with Crippen molar-refractivity contribution in [1.82, 2.24) is 19.5 Å². The summed E-state index contributed by atoms with van der Waals surface area (Å²) in [6.07, 6.45) is -3.08. The van der Waals surface area contributed by atoms with Crippen LogP contribution >= 0.6 is 0 Å². The maximum absolute atomic E-state index is 10.1. The number of nitrogens with zero attached hydrogens (tertiary/aromatic N) is 4. The zero-order valence-electron chi connectivity index (χ0n) is 12.1. The molecule has 1 saturated heterocycles. The number of aromatic nitrogens is 4. The molecule has 0 bridgehead atoms. The summed E-state index contributed by atoms with van der Waals surface area (Å²) < 4.78 is 6.85. The van der Waals surface area contributed by atoms with E-state index in [1.807, 2.05) is 5.48 Å². The molecule has 0 saturated carbocycles. The van der Waals surface area contributed by atoms with Crippen molar-refractivity contribution in [3.05, 3.63) is 12.2 Å². The Morgan fingerprint density at radius 2 is 2.13 bits per heavy atom. The Kier molecular flexibility index (Phi) is 4.12. The SMILES string of the molecule is CC#Cc1nc(NO)c2ncn([C@@H]3O[C@H](CO)[C@@H](O)[C@H]3O)c2n1. The first-order chi connectivity index (χ1) is 11.1. The minimum Gasteiger partial charge on any atom is -0.394 e. The van der Waals surface area contributed by atoms with Crippen LogP contribution in [0.2, 0.25) is 0 Å². The summed E-state index contributed by atoms with van der Waals surface area (Å²) in [5.41, 5.74) is 2.42. The molecule has 2 aromatic rings. The van der Waals surface area contributed by atoms with Crippen molar-refractivity contribution in [2.75, 3.05) is 12.1 Å². The van der Waals surface area contributed by atoms with E-state index in [-0.39, 0.29) is 22.8 Å². The van der Waals surface area contributed by atoms with Gasteiger partial charge in [-0.15, -0.1) is 0 Å². The van der Waals surface area contributed by atoms with Crippen LogP contribution in [0.5, 0.6) is 0 Å². The zero-order chi connectivity index (χ0) is 16.6. The predicted molar refractivity (Wildman–Crippen MR) is 76.3 cm³/mol. The molecule has 0 spiro atoms. The summed E-state index contributed by atoms with van der Waals surface area (Å²) >= 11 is 0. The minimum absolute atomic E-state index is 0.0539. The Morgan fingerprint density at radius 1 is 1.35 bits per heavy atom. The van der Waals surface area contributed by atoms with Crippen molar-refractivity contribution in [2.45, 2.75) is 31.5 Å². The molecule has 3 rings (SSSR count). The van der Waals surface area contributed by atoms with Crippen molar-refractivity contribution in [1.29, 1.82) is 0 Å². The first kappa shape index (κ1) is 15.6. The lowest BCUT2D eigenvalue weighted by Crippen LogP contribution is -2.33. The van der Waals surface area contributed by atoms with Gasteiger partial charge in [0.05, 0.1) is 12.9 Å². The number of hydrogen-bond donors (Lipinski definition) is 5. The lowest BCUT2D eigenvalue weighted by Gasteiger charge is -2.16. The number of aliphatic hydroxyl groups excluding tert-OH is 3. The van der Waals surface area contributed by atoms with Crippen molar-refractivity contribution in [2.24, 2.45) is 0 Å². The van der Waals surface area contributed by atoms with Crippen LogP contribution in [-0.4, -0.2) is 65.0 Å². The van der Waals surface area contributed by atoms with Crippen molar-refractivity contribution in [3.8, 4) is 11.8 Å². The third kappa shape index (κ3) is 2.50. The lowest BCUT2D eigenvalue weighted by atomic mass is 10.1. The first-order valence-electron chi connectivity index (χ1n) is 6.80. The molecule has 0 radical (unpaired) electrons. The third-order valence-corrected chi connectivity index (χ3v) is 3.56. The summed E-state index contributed by atoms with van der Waals surface area (Å²) in [7, 11) is 0. The molecule has 23 heavy (non-hydrogen) atoms. The van der Waals surface area contributed by atoms with Gasteiger partial charge < -0.3 is 20.1 Å². The second-order valence-electron chi connectivity index (χ2n) is 4.94. The molecule has 0 aliphatic carbocycles. The standard InChI is InChI=1S/C13H15N5O5/c1-2-3-7-15-11(17-22)8-12(16-7)18(5-14-8)13-10(21)9(20)6(4-19)23-13/h5-6,9-10,13,19-22H,4H2,1H3,(H,15,16,17)/t6-,9-,10-,13-/m1/s1. The number of fused-ring (bicyclic) bond motifs is 1. The van der Waals surface area contributed by atoms with Gasteiger partial charge in [-0.3, -0.25) is 15.3 Å². The highest BCUT2D eigenvalue weighted by Gasteiger charge is 2.44. The smallest absolute Gasteiger partial charge is 0.209 e. The maximum Gasteiger partial charge on any atom is 0.209 e. The number of imidazole rings is 1. The normalized spacial score (nSPS) is 27.0. The molecule has 3 heterocycles. The Morgan fingerprint density at radius 3 is 2.74 bits per heavy atom. The van der Waals surface area contributed by atoms with E-state index in [2.05, 4.69) is 26.8 Å². The summed E-state index contributed by atoms with van der Waals surface area (Å²) in [5.74, 6) is 5.51. The van der Waals surface area contributed by atoms with Gasteiger partial charge in [-0.1, -0.05) is 5.92 Å². The highest BCUT2D eigenvalue weighted by molar-refractivity contribution is 5.83. The van der Waals surface area contributed by atoms with E-state index in [0.29, 0.717) is 0 Å². The molecule has 2 aromatic heterocycles. The lowest BCUT2D eigenvalue weighted by molar-refractivity contribution is -0.0511. The Labute approximate surface area is 130 Å². The van der Waals surface area contributed by atoms with Gasteiger partial charge in [0.25, 0.3) is 0 Å². The molecule has 5 N–H and O–H groups in total. The number of rotatable bonds is 3. The van der Waals surface area contributed by atoms with Crippen LogP contribution in [0, 0.1) is 11.8 Å². The topological polar surface area (TPSA) is 146 Å². The average Bonchev–Trinajstić information content (AvgIpc) is 3.09. The molecule has 4 atom stereocenters. The Balaban J connectivity index is 2.11. The second kappa shape index (κ2) is 6.07. The fraction of sp³-hybridized carbons (Fsp3) is 0.462. The quantitative estimate of drug-likeness (QED) is 0.340. The fourth-order valence-corrected chi connectivity index (χ4v) is 2.46. The summed E-state index contributed by atoms with van der Waals surface area (Å²) in [5, 5.41) is 38.3. The molecular formula is C13H15N5O5. The maximum atomic E-state index is 10.1. The molecule has 0 amide bonds. The highest BCUT2D eigenvalue weighted by Crippen LogP contribution is 2.32. The van der Waals surface area contributed by atoms with Crippen LogP contribution in [0.1, 0.15) is 19.0 Å². The van der Waals surface area contributed by atoms with Gasteiger partial charge in [0.2, 0.25) is 5.82 Å². The predicted octanol–water partition coefficient (Wildman–Crippen LogP) is -1.39. The Hall–Kier alpha value is -2.29. The van der Waals surface area contributed by atoms with Gasteiger partial charge in [-0.05, 0) is 12.8 Å². The van der Waals surface area contributed by atoms with E-state index in [1.165, 1.54) is 10.9 Å². The van der Waals surface area contributed by atoms with Crippen LogP contribution < -0.4 is 5.48 Å². The average molecular weight is 321 g/mol. The van der Waals surface area contributed by atoms with Gasteiger partial charge in [0.1, 0.15) is 18.3 Å². The van der Waals surface area contributed by atoms with Crippen molar-refractivity contribution >= 4 is 17.0 Å². The molecule has 1 aliphatic heterocycles.